The Balaban J connectivity index is 1.63. The maximum absolute atomic E-state index is 5.62. The highest BCUT2D eigenvalue weighted by atomic mass is 16.5. The van der Waals surface area contributed by atoms with Gasteiger partial charge < -0.3 is 9.26 Å². The van der Waals surface area contributed by atoms with Crippen molar-refractivity contribution in [2.24, 2.45) is 0 Å². The van der Waals surface area contributed by atoms with E-state index in [1.54, 1.807) is 7.11 Å². The van der Waals surface area contributed by atoms with Gasteiger partial charge in [-0.3, -0.25) is 4.68 Å². The van der Waals surface area contributed by atoms with Gasteiger partial charge in [-0.15, -0.1) is 0 Å². The van der Waals surface area contributed by atoms with E-state index in [-0.39, 0.29) is 0 Å². The summed E-state index contributed by atoms with van der Waals surface area (Å²) in [4.78, 5) is 0. The molecule has 1 aliphatic carbocycles. The summed E-state index contributed by atoms with van der Waals surface area (Å²) in [6, 6.07) is 18.4. The molecule has 4 aromatic rings. The van der Waals surface area contributed by atoms with E-state index in [0.717, 1.165) is 46.7 Å². The maximum atomic E-state index is 5.62. The van der Waals surface area contributed by atoms with Crippen molar-refractivity contribution < 1.29 is 9.26 Å². The van der Waals surface area contributed by atoms with Crippen molar-refractivity contribution in [1.82, 2.24) is 14.9 Å². The average Bonchev–Trinajstić information content (AvgIpc) is 3.34. The molecule has 134 valence electrons. The van der Waals surface area contributed by atoms with Gasteiger partial charge in [0.2, 0.25) is 0 Å². The molecule has 0 aliphatic heterocycles. The second-order valence-corrected chi connectivity index (χ2v) is 6.72. The highest BCUT2D eigenvalue weighted by Gasteiger charge is 2.29. The number of ether oxygens (including phenoxy) is 1. The molecule has 5 rings (SSSR count). The van der Waals surface area contributed by atoms with E-state index in [1.165, 1.54) is 11.3 Å². The lowest BCUT2D eigenvalue weighted by molar-refractivity contribution is 0.414. The highest BCUT2D eigenvalue weighted by Crippen LogP contribution is 2.40. The fourth-order valence-electron chi connectivity index (χ4n) is 3.72. The Bertz CT molecular complexity index is 1080. The first kappa shape index (κ1) is 15.9. The summed E-state index contributed by atoms with van der Waals surface area (Å²) >= 11 is 0. The Morgan fingerprint density at radius 1 is 1.04 bits per heavy atom. The van der Waals surface area contributed by atoms with E-state index in [4.69, 9.17) is 14.4 Å². The largest absolute Gasteiger partial charge is 0.497 e. The van der Waals surface area contributed by atoms with Gasteiger partial charge in [0.25, 0.3) is 0 Å². The Morgan fingerprint density at radius 3 is 2.63 bits per heavy atom. The molecule has 0 unspecified atom stereocenters. The number of nitrogens with zero attached hydrogens (tertiary/aromatic N) is 3. The minimum Gasteiger partial charge on any atom is -0.497 e. The van der Waals surface area contributed by atoms with Gasteiger partial charge in [-0.05, 0) is 30.5 Å². The summed E-state index contributed by atoms with van der Waals surface area (Å²) < 4.78 is 13.0. The third-order valence-corrected chi connectivity index (χ3v) is 5.10. The normalized spacial score (nSPS) is 12.5. The summed E-state index contributed by atoms with van der Waals surface area (Å²) in [6.07, 6.45) is 3.68. The van der Waals surface area contributed by atoms with Crippen LogP contribution in [0.2, 0.25) is 0 Å². The number of fused-ring (bicyclic) bond motifs is 3. The fraction of sp³-hybridized carbons (Fsp3) is 0.182. The van der Waals surface area contributed by atoms with Crippen LogP contribution >= 0.6 is 0 Å². The number of benzene rings is 2. The summed E-state index contributed by atoms with van der Waals surface area (Å²) in [5.41, 5.74) is 6.67. The van der Waals surface area contributed by atoms with Gasteiger partial charge in [0, 0.05) is 11.1 Å². The highest BCUT2D eigenvalue weighted by molar-refractivity contribution is 5.82. The number of hydrogen-bond donors (Lipinski definition) is 0. The molecule has 0 bridgehead atoms. The third kappa shape index (κ3) is 2.72. The van der Waals surface area contributed by atoms with Crippen LogP contribution in [0.25, 0.3) is 22.6 Å². The van der Waals surface area contributed by atoms with Gasteiger partial charge >= 0.3 is 0 Å². The Morgan fingerprint density at radius 2 is 1.85 bits per heavy atom. The first-order valence-corrected chi connectivity index (χ1v) is 9.05. The van der Waals surface area contributed by atoms with E-state index in [2.05, 4.69) is 34.1 Å². The third-order valence-electron chi connectivity index (χ3n) is 5.10. The van der Waals surface area contributed by atoms with Crippen LogP contribution in [0, 0.1) is 0 Å². The minimum absolute atomic E-state index is 0.711. The molecule has 27 heavy (non-hydrogen) atoms. The first-order valence-electron chi connectivity index (χ1n) is 9.05. The van der Waals surface area contributed by atoms with Gasteiger partial charge in [0.05, 0.1) is 31.1 Å². The zero-order valence-electron chi connectivity index (χ0n) is 15.1. The van der Waals surface area contributed by atoms with Crippen LogP contribution < -0.4 is 4.74 Å². The van der Waals surface area contributed by atoms with Crippen LogP contribution in [0.5, 0.6) is 5.75 Å². The molecule has 0 atom stereocenters. The smallest absolute Gasteiger partial charge is 0.174 e. The molecule has 1 aliphatic rings. The number of aryl methyl sites for hydroxylation is 1. The van der Waals surface area contributed by atoms with E-state index >= 15 is 0 Å². The fourth-order valence-corrected chi connectivity index (χ4v) is 3.72. The first-order chi connectivity index (χ1) is 13.3. The minimum atomic E-state index is 0.711. The Kier molecular flexibility index (Phi) is 3.78. The van der Waals surface area contributed by atoms with Crippen molar-refractivity contribution in [3.8, 4) is 28.3 Å². The molecule has 0 spiro atoms. The van der Waals surface area contributed by atoms with Crippen LogP contribution in [-0.4, -0.2) is 22.0 Å². The topological polar surface area (TPSA) is 53.1 Å². The number of rotatable bonds is 4. The lowest BCUT2D eigenvalue weighted by Gasteiger charge is -2.13. The number of hydrogen-bond acceptors (Lipinski definition) is 4. The van der Waals surface area contributed by atoms with Crippen molar-refractivity contribution in [2.75, 3.05) is 7.11 Å². The molecule has 0 radical (unpaired) electrons. The molecule has 0 saturated heterocycles. The predicted octanol–water partition coefficient (Wildman–Crippen LogP) is 4.36. The van der Waals surface area contributed by atoms with Gasteiger partial charge in [0.15, 0.2) is 5.76 Å². The monoisotopic (exact) mass is 357 g/mol. The summed E-state index contributed by atoms with van der Waals surface area (Å²) in [7, 11) is 1.68. The molecule has 5 heteroatoms. The molecule has 2 aromatic carbocycles. The zero-order valence-corrected chi connectivity index (χ0v) is 15.1. The van der Waals surface area contributed by atoms with E-state index < -0.39 is 0 Å². The summed E-state index contributed by atoms with van der Waals surface area (Å²) in [5.74, 6) is 1.72. The standard InChI is InChI=1S/C22H19N3O2/c1-26-18-10-7-15(8-11-18)14-25-19-12-9-17-13-23-27-22(17)20(19)21(24-25)16-5-3-2-4-6-16/h2-8,10-11,13H,9,12,14H2,1H3. The molecule has 2 aromatic heterocycles. The van der Waals surface area contributed by atoms with Crippen LogP contribution in [0.4, 0.5) is 0 Å². The number of methoxy groups -OCH3 is 1. The van der Waals surface area contributed by atoms with Crippen molar-refractivity contribution in [3.05, 3.63) is 77.6 Å². The molecule has 0 N–H and O–H groups in total. The van der Waals surface area contributed by atoms with Gasteiger partial charge in [-0.2, -0.15) is 5.10 Å². The Labute approximate surface area is 157 Å². The average molecular weight is 357 g/mol. The van der Waals surface area contributed by atoms with Crippen LogP contribution in [0.1, 0.15) is 16.8 Å². The van der Waals surface area contributed by atoms with Crippen LogP contribution in [-0.2, 0) is 19.4 Å². The van der Waals surface area contributed by atoms with Gasteiger partial charge in [-0.25, -0.2) is 0 Å². The van der Waals surface area contributed by atoms with E-state index in [1.807, 2.05) is 36.5 Å². The van der Waals surface area contributed by atoms with Gasteiger partial charge in [-0.1, -0.05) is 47.6 Å². The second-order valence-electron chi connectivity index (χ2n) is 6.72. The lowest BCUT2D eigenvalue weighted by atomic mass is 9.93. The molecule has 2 heterocycles. The molecular formula is C22H19N3O2. The summed E-state index contributed by atoms with van der Waals surface area (Å²) in [5, 5.41) is 9.00. The second kappa shape index (κ2) is 6.43. The Hall–Kier alpha value is -3.34. The predicted molar refractivity (Wildman–Crippen MR) is 103 cm³/mol. The molecule has 5 nitrogen and oxygen atoms in total. The molecule has 0 saturated carbocycles. The number of aromatic nitrogens is 3. The SMILES string of the molecule is COc1ccc(Cn2nc(-c3ccccc3)c3c2CCc2cnoc2-3)cc1. The molecule has 0 amide bonds. The van der Waals surface area contributed by atoms with Crippen LogP contribution in [0.3, 0.4) is 0 Å². The van der Waals surface area contributed by atoms with E-state index in [0.29, 0.717) is 6.54 Å². The van der Waals surface area contributed by atoms with E-state index in [9.17, 15) is 0 Å². The zero-order chi connectivity index (χ0) is 18.2. The quantitative estimate of drug-likeness (QED) is 0.544. The lowest BCUT2D eigenvalue weighted by Crippen LogP contribution is -2.10. The van der Waals surface area contributed by atoms with Gasteiger partial charge in [0.1, 0.15) is 11.4 Å². The molecule has 0 fully saturated rings. The maximum Gasteiger partial charge on any atom is 0.174 e. The van der Waals surface area contributed by atoms with Crippen molar-refractivity contribution in [2.45, 2.75) is 19.4 Å². The molecular weight excluding hydrogens is 338 g/mol. The summed E-state index contributed by atoms with van der Waals surface area (Å²) in [6.45, 7) is 0.711. The van der Waals surface area contributed by atoms with Crippen molar-refractivity contribution >= 4 is 0 Å². The van der Waals surface area contributed by atoms with Crippen molar-refractivity contribution in [3.63, 3.8) is 0 Å². The van der Waals surface area contributed by atoms with Crippen molar-refractivity contribution in [1.29, 1.82) is 0 Å². The van der Waals surface area contributed by atoms with Crippen LogP contribution in [0.15, 0.2) is 65.3 Å².